The number of methoxy groups -OCH3 is 1. The summed E-state index contributed by atoms with van der Waals surface area (Å²) in [4.78, 5) is 12.1. The molecule has 0 amide bonds. The second-order valence-corrected chi connectivity index (χ2v) is 7.50. The van der Waals surface area contributed by atoms with E-state index in [0.717, 1.165) is 18.4 Å². The maximum absolute atomic E-state index is 12.1. The number of carbonyl (C=O) groups excluding carboxylic acids is 1. The summed E-state index contributed by atoms with van der Waals surface area (Å²) in [6.07, 6.45) is 16.9. The minimum Gasteiger partial charge on any atom is -0.496 e. The largest absolute Gasteiger partial charge is 0.496 e. The zero-order valence-corrected chi connectivity index (χ0v) is 16.7. The van der Waals surface area contributed by atoms with E-state index in [-0.39, 0.29) is 12.1 Å². The molecule has 1 heterocycles. The van der Waals surface area contributed by atoms with E-state index in [2.05, 4.69) is 6.92 Å². The zero-order chi connectivity index (χ0) is 18.6. The number of rotatable bonds is 14. The Morgan fingerprint density at radius 1 is 0.885 bits per heavy atom. The van der Waals surface area contributed by atoms with E-state index in [0.29, 0.717) is 11.3 Å². The average molecular weight is 361 g/mol. The molecule has 146 valence electrons. The van der Waals surface area contributed by atoms with Gasteiger partial charge in [-0.05, 0) is 18.9 Å². The topological polar surface area (TPSA) is 35.5 Å². The van der Waals surface area contributed by atoms with Crippen molar-refractivity contribution >= 4 is 5.97 Å². The van der Waals surface area contributed by atoms with E-state index in [4.69, 9.17) is 9.47 Å². The van der Waals surface area contributed by atoms with E-state index < -0.39 is 0 Å². The Morgan fingerprint density at radius 2 is 1.46 bits per heavy atom. The molecule has 1 aliphatic heterocycles. The predicted molar refractivity (Wildman–Crippen MR) is 107 cm³/mol. The van der Waals surface area contributed by atoms with Gasteiger partial charge in [0, 0.05) is 5.56 Å². The highest BCUT2D eigenvalue weighted by atomic mass is 16.6. The molecule has 0 aliphatic carbocycles. The number of carbonyl (C=O) groups is 1. The Kier molecular flexibility index (Phi) is 9.58. The van der Waals surface area contributed by atoms with E-state index in [9.17, 15) is 4.79 Å². The SMILES string of the molecule is CCCCCCCCCCCCCCC1OC(=O)c2c(OC)cccc21. The maximum Gasteiger partial charge on any atom is 0.342 e. The smallest absolute Gasteiger partial charge is 0.342 e. The van der Waals surface area contributed by atoms with Gasteiger partial charge in [0.25, 0.3) is 0 Å². The normalized spacial score (nSPS) is 15.8. The fourth-order valence-electron chi connectivity index (χ4n) is 3.84. The van der Waals surface area contributed by atoms with Crippen molar-refractivity contribution in [2.75, 3.05) is 7.11 Å². The lowest BCUT2D eigenvalue weighted by atomic mass is 9.99. The number of benzene rings is 1. The van der Waals surface area contributed by atoms with Gasteiger partial charge in [-0.15, -0.1) is 0 Å². The number of cyclic esters (lactones) is 1. The van der Waals surface area contributed by atoms with Gasteiger partial charge in [-0.1, -0.05) is 89.7 Å². The first kappa shape index (κ1) is 20.8. The van der Waals surface area contributed by atoms with E-state index >= 15 is 0 Å². The van der Waals surface area contributed by atoms with Crippen LogP contribution in [0.4, 0.5) is 0 Å². The molecule has 0 fully saturated rings. The molecule has 0 aromatic heterocycles. The molecule has 3 heteroatoms. The summed E-state index contributed by atoms with van der Waals surface area (Å²) >= 11 is 0. The van der Waals surface area contributed by atoms with Crippen molar-refractivity contribution in [3.63, 3.8) is 0 Å². The Bertz CT molecular complexity index is 538. The lowest BCUT2D eigenvalue weighted by Crippen LogP contribution is -1.99. The molecule has 26 heavy (non-hydrogen) atoms. The summed E-state index contributed by atoms with van der Waals surface area (Å²) < 4.78 is 10.8. The summed E-state index contributed by atoms with van der Waals surface area (Å²) in [6, 6.07) is 5.76. The van der Waals surface area contributed by atoms with Gasteiger partial charge in [-0.3, -0.25) is 0 Å². The minimum absolute atomic E-state index is 0.0873. The third-order valence-electron chi connectivity index (χ3n) is 5.40. The van der Waals surface area contributed by atoms with Gasteiger partial charge < -0.3 is 9.47 Å². The number of hydrogen-bond acceptors (Lipinski definition) is 3. The fourth-order valence-corrected chi connectivity index (χ4v) is 3.84. The lowest BCUT2D eigenvalue weighted by molar-refractivity contribution is 0.0361. The lowest BCUT2D eigenvalue weighted by Gasteiger charge is -2.10. The third-order valence-corrected chi connectivity index (χ3v) is 5.40. The number of esters is 1. The molecule has 1 atom stereocenters. The van der Waals surface area contributed by atoms with E-state index in [1.807, 2.05) is 18.2 Å². The molecular weight excluding hydrogens is 324 g/mol. The van der Waals surface area contributed by atoms with E-state index in [1.165, 1.54) is 70.6 Å². The van der Waals surface area contributed by atoms with Gasteiger partial charge in [0.05, 0.1) is 7.11 Å². The first-order valence-corrected chi connectivity index (χ1v) is 10.7. The van der Waals surface area contributed by atoms with Crippen LogP contribution >= 0.6 is 0 Å². The number of ether oxygens (including phenoxy) is 2. The molecule has 0 saturated heterocycles. The second-order valence-electron chi connectivity index (χ2n) is 7.50. The number of hydrogen-bond donors (Lipinski definition) is 0. The monoisotopic (exact) mass is 360 g/mol. The maximum atomic E-state index is 12.1. The molecule has 0 spiro atoms. The van der Waals surface area contributed by atoms with Crippen LogP contribution in [0.5, 0.6) is 5.75 Å². The molecule has 0 N–H and O–H groups in total. The van der Waals surface area contributed by atoms with Gasteiger partial charge in [-0.2, -0.15) is 0 Å². The Morgan fingerprint density at radius 3 is 2.04 bits per heavy atom. The van der Waals surface area contributed by atoms with Gasteiger partial charge in [0.1, 0.15) is 17.4 Å². The zero-order valence-electron chi connectivity index (χ0n) is 16.7. The van der Waals surface area contributed by atoms with Gasteiger partial charge in [0.15, 0.2) is 0 Å². The number of fused-ring (bicyclic) bond motifs is 1. The molecule has 1 aliphatic rings. The van der Waals surface area contributed by atoms with Crippen LogP contribution in [0.1, 0.15) is 112 Å². The molecule has 0 bridgehead atoms. The predicted octanol–water partition coefficient (Wildman–Crippen LogP) is 7.00. The van der Waals surface area contributed by atoms with Crippen molar-refractivity contribution in [2.24, 2.45) is 0 Å². The molecule has 1 aromatic rings. The Labute approximate surface area is 159 Å². The first-order chi connectivity index (χ1) is 12.8. The van der Waals surface area contributed by atoms with Gasteiger partial charge >= 0.3 is 5.97 Å². The van der Waals surface area contributed by atoms with Crippen molar-refractivity contribution in [1.29, 1.82) is 0 Å². The van der Waals surface area contributed by atoms with Gasteiger partial charge in [-0.25, -0.2) is 4.79 Å². The molecule has 3 nitrogen and oxygen atoms in total. The summed E-state index contributed by atoms with van der Waals surface area (Å²) in [5.74, 6) is 0.395. The summed E-state index contributed by atoms with van der Waals surface area (Å²) in [5, 5.41) is 0. The van der Waals surface area contributed by atoms with Crippen LogP contribution in [0.15, 0.2) is 18.2 Å². The highest BCUT2D eigenvalue weighted by molar-refractivity contribution is 5.97. The third kappa shape index (κ3) is 6.34. The van der Waals surface area contributed by atoms with Gasteiger partial charge in [0.2, 0.25) is 0 Å². The van der Waals surface area contributed by atoms with E-state index in [1.54, 1.807) is 7.11 Å². The van der Waals surface area contributed by atoms with Crippen LogP contribution in [0.25, 0.3) is 0 Å². The van der Waals surface area contributed by atoms with Crippen LogP contribution < -0.4 is 4.74 Å². The average Bonchev–Trinajstić information content (AvgIpc) is 2.99. The Hall–Kier alpha value is -1.51. The summed E-state index contributed by atoms with van der Waals surface area (Å²) in [5.41, 5.74) is 1.62. The molecule has 1 aromatic carbocycles. The quantitative estimate of drug-likeness (QED) is 0.265. The van der Waals surface area contributed by atoms with Crippen molar-refractivity contribution < 1.29 is 14.3 Å². The Balaban J connectivity index is 1.53. The minimum atomic E-state index is -0.235. The highest BCUT2D eigenvalue weighted by Crippen LogP contribution is 2.38. The standard InChI is InChI=1S/C23H36O3/c1-3-4-5-6-7-8-9-10-11-12-13-14-17-20-19-16-15-18-21(25-2)22(19)23(24)26-20/h15-16,18,20H,3-14,17H2,1-2H3. The molecule has 2 rings (SSSR count). The fraction of sp³-hybridized carbons (Fsp3) is 0.696. The van der Waals surface area contributed by atoms with Crippen molar-refractivity contribution in [3.8, 4) is 5.75 Å². The van der Waals surface area contributed by atoms with Crippen molar-refractivity contribution in [1.82, 2.24) is 0 Å². The van der Waals surface area contributed by atoms with Crippen LogP contribution in [0, 0.1) is 0 Å². The molecule has 1 unspecified atom stereocenters. The number of unbranched alkanes of at least 4 members (excludes halogenated alkanes) is 11. The van der Waals surface area contributed by atoms with Crippen LogP contribution in [-0.4, -0.2) is 13.1 Å². The van der Waals surface area contributed by atoms with Crippen molar-refractivity contribution in [2.45, 2.75) is 96.5 Å². The molecule has 0 radical (unpaired) electrons. The van der Waals surface area contributed by atoms with Crippen LogP contribution in [0.2, 0.25) is 0 Å². The summed E-state index contributed by atoms with van der Waals surface area (Å²) in [7, 11) is 1.60. The first-order valence-electron chi connectivity index (χ1n) is 10.7. The van der Waals surface area contributed by atoms with Crippen molar-refractivity contribution in [3.05, 3.63) is 29.3 Å². The second kappa shape index (κ2) is 12.0. The molecule has 0 saturated carbocycles. The van der Waals surface area contributed by atoms with Crippen LogP contribution in [0.3, 0.4) is 0 Å². The summed E-state index contributed by atoms with van der Waals surface area (Å²) in [6.45, 7) is 2.27. The highest BCUT2D eigenvalue weighted by Gasteiger charge is 2.33. The van der Waals surface area contributed by atoms with Crippen LogP contribution in [-0.2, 0) is 4.74 Å². The molecular formula is C23H36O3.